The number of rotatable bonds is 5. The Morgan fingerprint density at radius 2 is 2.04 bits per heavy atom. The fourth-order valence-electron chi connectivity index (χ4n) is 2.93. The van der Waals surface area contributed by atoms with Gasteiger partial charge in [0.25, 0.3) is 5.91 Å². The molecule has 3 rings (SSSR count). The largest absolute Gasteiger partial charge is 0.493 e. The number of amides is 1. The summed E-state index contributed by atoms with van der Waals surface area (Å²) in [5, 5.41) is 12.2. The third kappa shape index (κ3) is 3.11. The summed E-state index contributed by atoms with van der Waals surface area (Å²) in [5.41, 5.74) is 2.92. The second-order valence-corrected chi connectivity index (χ2v) is 5.72. The zero-order valence-electron chi connectivity index (χ0n) is 13.4. The predicted octanol–water partition coefficient (Wildman–Crippen LogP) is 2.74. The van der Waals surface area contributed by atoms with E-state index in [0.717, 1.165) is 23.3 Å². The lowest BCUT2D eigenvalue weighted by atomic mass is 10.0. The van der Waals surface area contributed by atoms with Gasteiger partial charge in [-0.3, -0.25) is 4.79 Å². The van der Waals surface area contributed by atoms with Crippen LogP contribution in [0.25, 0.3) is 0 Å². The summed E-state index contributed by atoms with van der Waals surface area (Å²) in [5.74, 6) is -0.682. The Hall–Kier alpha value is -2.82. The summed E-state index contributed by atoms with van der Waals surface area (Å²) >= 11 is 0. The molecule has 1 heterocycles. The van der Waals surface area contributed by atoms with Crippen LogP contribution < -0.4 is 10.1 Å². The van der Waals surface area contributed by atoms with Gasteiger partial charge in [0.15, 0.2) is 6.04 Å². The Morgan fingerprint density at radius 3 is 2.79 bits per heavy atom. The van der Waals surface area contributed by atoms with Gasteiger partial charge >= 0.3 is 5.97 Å². The summed E-state index contributed by atoms with van der Waals surface area (Å²) < 4.78 is 5.44. The van der Waals surface area contributed by atoms with Crippen LogP contribution in [0.3, 0.4) is 0 Å². The van der Waals surface area contributed by atoms with Gasteiger partial charge in [0.1, 0.15) is 5.75 Å². The topological polar surface area (TPSA) is 75.6 Å². The van der Waals surface area contributed by atoms with Crippen molar-refractivity contribution in [3.63, 3.8) is 0 Å². The highest BCUT2D eigenvalue weighted by atomic mass is 16.5. The number of carbonyl (C=O) groups excluding carboxylic acids is 1. The summed E-state index contributed by atoms with van der Waals surface area (Å²) in [6.45, 7) is 2.56. The van der Waals surface area contributed by atoms with Crippen molar-refractivity contribution in [2.45, 2.75) is 25.8 Å². The summed E-state index contributed by atoms with van der Waals surface area (Å²) in [7, 11) is 0. The highest BCUT2D eigenvalue weighted by Gasteiger charge is 2.25. The highest BCUT2D eigenvalue weighted by Crippen LogP contribution is 2.28. The first-order chi connectivity index (χ1) is 11.6. The maximum Gasteiger partial charge on any atom is 0.330 e. The molecule has 0 saturated carbocycles. The molecule has 24 heavy (non-hydrogen) atoms. The fraction of sp³-hybridized carbons (Fsp3) is 0.263. The molecule has 1 unspecified atom stereocenters. The van der Waals surface area contributed by atoms with Gasteiger partial charge in [-0.1, -0.05) is 31.2 Å². The minimum atomic E-state index is -1.09. The number of carbonyl (C=O) groups is 2. The number of benzene rings is 2. The van der Waals surface area contributed by atoms with Crippen molar-refractivity contribution in [1.82, 2.24) is 5.32 Å². The van der Waals surface area contributed by atoms with Crippen LogP contribution in [0.2, 0.25) is 0 Å². The monoisotopic (exact) mass is 325 g/mol. The minimum absolute atomic E-state index is 0.378. The van der Waals surface area contributed by atoms with Crippen LogP contribution in [0, 0.1) is 0 Å². The predicted molar refractivity (Wildman–Crippen MR) is 89.3 cm³/mol. The second-order valence-electron chi connectivity index (χ2n) is 5.72. The lowest BCUT2D eigenvalue weighted by molar-refractivity contribution is -0.139. The summed E-state index contributed by atoms with van der Waals surface area (Å²) in [6, 6.07) is 11.4. The van der Waals surface area contributed by atoms with Crippen molar-refractivity contribution in [2.24, 2.45) is 0 Å². The van der Waals surface area contributed by atoms with Crippen LogP contribution in [0.15, 0.2) is 42.5 Å². The van der Waals surface area contributed by atoms with Gasteiger partial charge in [-0.05, 0) is 41.3 Å². The molecule has 5 nitrogen and oxygen atoms in total. The number of aryl methyl sites for hydroxylation is 1. The molecule has 0 bridgehead atoms. The molecule has 1 aliphatic heterocycles. The van der Waals surface area contributed by atoms with Crippen molar-refractivity contribution >= 4 is 11.9 Å². The van der Waals surface area contributed by atoms with Crippen molar-refractivity contribution in [2.75, 3.05) is 6.61 Å². The van der Waals surface area contributed by atoms with E-state index in [1.807, 2.05) is 19.1 Å². The zero-order valence-corrected chi connectivity index (χ0v) is 13.4. The lowest BCUT2D eigenvalue weighted by Gasteiger charge is -2.17. The molecular weight excluding hydrogens is 306 g/mol. The Bertz CT molecular complexity index is 785. The van der Waals surface area contributed by atoms with Crippen LogP contribution in [0.5, 0.6) is 5.75 Å². The Morgan fingerprint density at radius 1 is 1.25 bits per heavy atom. The minimum Gasteiger partial charge on any atom is -0.493 e. The van der Waals surface area contributed by atoms with E-state index in [1.54, 1.807) is 30.3 Å². The fourth-order valence-corrected chi connectivity index (χ4v) is 2.93. The van der Waals surface area contributed by atoms with Crippen molar-refractivity contribution in [1.29, 1.82) is 0 Å². The maximum absolute atomic E-state index is 12.5. The molecule has 2 aromatic carbocycles. The number of nitrogens with one attached hydrogen (secondary N) is 1. The maximum atomic E-state index is 12.5. The number of ether oxygens (including phenoxy) is 1. The van der Waals surface area contributed by atoms with Crippen LogP contribution in [0.4, 0.5) is 0 Å². The van der Waals surface area contributed by atoms with E-state index in [2.05, 4.69) is 5.32 Å². The number of hydrogen-bond donors (Lipinski definition) is 2. The molecule has 2 N–H and O–H groups in total. The van der Waals surface area contributed by atoms with Crippen LogP contribution in [-0.4, -0.2) is 23.6 Å². The smallest absolute Gasteiger partial charge is 0.330 e. The standard InChI is InChI=1S/C19H19NO4/c1-2-12-5-3-4-6-15(12)18(21)20-17(19(22)23)14-7-8-16-13(11-14)9-10-24-16/h3-8,11,17H,2,9-10H2,1H3,(H,20,21)(H,22,23). The molecule has 0 spiro atoms. The van der Waals surface area contributed by atoms with E-state index >= 15 is 0 Å². The molecule has 1 amide bonds. The number of hydrogen-bond acceptors (Lipinski definition) is 3. The molecule has 0 saturated heterocycles. The molecule has 0 aliphatic carbocycles. The molecule has 1 aliphatic rings. The zero-order chi connectivity index (χ0) is 17.1. The highest BCUT2D eigenvalue weighted by molar-refractivity contribution is 5.98. The van der Waals surface area contributed by atoms with Gasteiger partial charge in [-0.25, -0.2) is 4.79 Å². The van der Waals surface area contributed by atoms with Gasteiger partial charge in [-0.2, -0.15) is 0 Å². The number of carboxylic acid groups (broad SMARTS) is 1. The van der Waals surface area contributed by atoms with Gasteiger partial charge in [-0.15, -0.1) is 0 Å². The summed E-state index contributed by atoms with van der Waals surface area (Å²) in [4.78, 5) is 24.2. The van der Waals surface area contributed by atoms with E-state index in [9.17, 15) is 14.7 Å². The quantitative estimate of drug-likeness (QED) is 0.886. The Labute approximate surface area is 140 Å². The van der Waals surface area contributed by atoms with Crippen molar-refractivity contribution < 1.29 is 19.4 Å². The third-order valence-corrected chi connectivity index (χ3v) is 4.21. The van der Waals surface area contributed by atoms with E-state index in [1.165, 1.54) is 0 Å². The van der Waals surface area contributed by atoms with Gasteiger partial charge in [0.2, 0.25) is 0 Å². The summed E-state index contributed by atoms with van der Waals surface area (Å²) in [6.07, 6.45) is 1.46. The van der Waals surface area contributed by atoms with E-state index in [-0.39, 0.29) is 5.91 Å². The first-order valence-electron chi connectivity index (χ1n) is 7.97. The third-order valence-electron chi connectivity index (χ3n) is 4.21. The number of fused-ring (bicyclic) bond motifs is 1. The molecular formula is C19H19NO4. The molecule has 0 radical (unpaired) electrons. The first-order valence-corrected chi connectivity index (χ1v) is 7.97. The second kappa shape index (κ2) is 6.74. The van der Waals surface area contributed by atoms with Gasteiger partial charge in [0, 0.05) is 12.0 Å². The Kier molecular flexibility index (Phi) is 4.51. The molecule has 124 valence electrons. The van der Waals surface area contributed by atoms with Crippen LogP contribution >= 0.6 is 0 Å². The molecule has 0 fully saturated rings. The average molecular weight is 325 g/mol. The van der Waals surface area contributed by atoms with Gasteiger partial charge < -0.3 is 15.2 Å². The average Bonchev–Trinajstić information content (AvgIpc) is 3.06. The van der Waals surface area contributed by atoms with E-state index < -0.39 is 12.0 Å². The van der Waals surface area contributed by atoms with E-state index in [4.69, 9.17) is 4.74 Å². The number of aliphatic carboxylic acids is 1. The van der Waals surface area contributed by atoms with Gasteiger partial charge in [0.05, 0.1) is 6.61 Å². The molecule has 5 heteroatoms. The van der Waals surface area contributed by atoms with Crippen LogP contribution in [0.1, 0.15) is 40.0 Å². The van der Waals surface area contributed by atoms with Crippen LogP contribution in [-0.2, 0) is 17.6 Å². The van der Waals surface area contributed by atoms with Crippen molar-refractivity contribution in [3.8, 4) is 5.75 Å². The molecule has 0 aromatic heterocycles. The lowest BCUT2D eigenvalue weighted by Crippen LogP contribution is -2.34. The Balaban J connectivity index is 1.87. The number of carboxylic acids is 1. The SMILES string of the molecule is CCc1ccccc1C(=O)NC(C(=O)O)c1ccc2c(c1)CCO2. The van der Waals surface area contributed by atoms with Crippen molar-refractivity contribution in [3.05, 3.63) is 64.7 Å². The van der Waals surface area contributed by atoms with E-state index in [0.29, 0.717) is 24.2 Å². The molecule has 1 atom stereocenters. The first kappa shape index (κ1) is 16.1. The molecule has 2 aromatic rings. The normalized spacial score (nSPS) is 13.7.